The fourth-order valence-electron chi connectivity index (χ4n) is 1.74. The van der Waals surface area contributed by atoms with Gasteiger partial charge < -0.3 is 10.3 Å². The summed E-state index contributed by atoms with van der Waals surface area (Å²) >= 11 is 0. The van der Waals surface area contributed by atoms with Crippen LogP contribution in [0.2, 0.25) is 0 Å². The predicted molar refractivity (Wildman–Crippen MR) is 69.3 cm³/mol. The smallest absolute Gasteiger partial charge is 0.253 e. The third kappa shape index (κ3) is 3.07. The molecule has 1 heterocycles. The van der Waals surface area contributed by atoms with Gasteiger partial charge in [-0.1, -0.05) is 18.2 Å². The zero-order chi connectivity index (χ0) is 13.8. The molecule has 0 aliphatic carbocycles. The van der Waals surface area contributed by atoms with Gasteiger partial charge in [-0.2, -0.15) is 0 Å². The van der Waals surface area contributed by atoms with Crippen molar-refractivity contribution in [1.82, 2.24) is 10.3 Å². The summed E-state index contributed by atoms with van der Waals surface area (Å²) in [7, 11) is 0. The highest BCUT2D eigenvalue weighted by Gasteiger charge is 2.14. The van der Waals surface area contributed by atoms with Crippen LogP contribution in [0.3, 0.4) is 0 Å². The van der Waals surface area contributed by atoms with E-state index in [2.05, 4.69) is 10.3 Å². The lowest BCUT2D eigenvalue weighted by molar-refractivity contribution is 0.0939. The van der Waals surface area contributed by atoms with Gasteiger partial charge in [0.2, 0.25) is 5.56 Å². The monoisotopic (exact) mass is 260 g/mol. The summed E-state index contributed by atoms with van der Waals surface area (Å²) < 4.78 is 13.5. The Morgan fingerprint density at radius 3 is 2.63 bits per heavy atom. The second-order valence-electron chi connectivity index (χ2n) is 4.16. The summed E-state index contributed by atoms with van der Waals surface area (Å²) in [5, 5.41) is 2.67. The van der Waals surface area contributed by atoms with E-state index in [1.165, 1.54) is 24.4 Å². The Hall–Kier alpha value is -2.43. The van der Waals surface area contributed by atoms with Gasteiger partial charge in [-0.25, -0.2) is 4.39 Å². The summed E-state index contributed by atoms with van der Waals surface area (Å²) in [6, 6.07) is 8.49. The maximum absolute atomic E-state index is 13.5. The Bertz CT molecular complexity index is 631. The minimum absolute atomic E-state index is 0.279. The molecule has 0 bridgehead atoms. The van der Waals surface area contributed by atoms with Gasteiger partial charge in [0.25, 0.3) is 5.91 Å². The van der Waals surface area contributed by atoms with Crippen LogP contribution in [0.25, 0.3) is 0 Å². The number of pyridine rings is 1. The molecule has 5 heteroatoms. The zero-order valence-electron chi connectivity index (χ0n) is 10.3. The Balaban J connectivity index is 2.13. The second-order valence-corrected chi connectivity index (χ2v) is 4.16. The Morgan fingerprint density at radius 2 is 2.00 bits per heavy atom. The van der Waals surface area contributed by atoms with Crippen LogP contribution in [0.4, 0.5) is 4.39 Å². The van der Waals surface area contributed by atoms with Crippen molar-refractivity contribution in [3.8, 4) is 0 Å². The molecule has 1 aromatic heterocycles. The normalized spacial score (nSPS) is 11.9. The largest absolute Gasteiger partial charge is 0.345 e. The number of rotatable bonds is 3. The van der Waals surface area contributed by atoms with Crippen molar-refractivity contribution in [2.45, 2.75) is 13.0 Å². The van der Waals surface area contributed by atoms with E-state index < -0.39 is 6.04 Å². The lowest BCUT2D eigenvalue weighted by Gasteiger charge is -2.14. The van der Waals surface area contributed by atoms with Crippen molar-refractivity contribution in [3.63, 3.8) is 0 Å². The molecule has 0 aliphatic heterocycles. The van der Waals surface area contributed by atoms with Crippen molar-refractivity contribution in [1.29, 1.82) is 0 Å². The van der Waals surface area contributed by atoms with Crippen LogP contribution < -0.4 is 10.9 Å². The average Bonchev–Trinajstić information content (AvgIpc) is 2.39. The highest BCUT2D eigenvalue weighted by atomic mass is 19.1. The van der Waals surface area contributed by atoms with Gasteiger partial charge in [-0.3, -0.25) is 9.59 Å². The number of amides is 1. The predicted octanol–water partition coefficient (Wildman–Crippen LogP) is 2.00. The molecule has 0 radical (unpaired) electrons. The van der Waals surface area contributed by atoms with Gasteiger partial charge in [0.1, 0.15) is 5.82 Å². The second kappa shape index (κ2) is 5.48. The molecule has 0 spiro atoms. The number of H-pyrrole nitrogens is 1. The molecule has 1 aromatic carbocycles. The average molecular weight is 260 g/mol. The van der Waals surface area contributed by atoms with E-state index >= 15 is 0 Å². The van der Waals surface area contributed by atoms with Crippen molar-refractivity contribution in [2.75, 3.05) is 0 Å². The molecule has 0 saturated carbocycles. The first-order chi connectivity index (χ1) is 9.08. The molecular weight excluding hydrogens is 247 g/mol. The highest BCUT2D eigenvalue weighted by Crippen LogP contribution is 2.16. The topological polar surface area (TPSA) is 62.0 Å². The van der Waals surface area contributed by atoms with Crippen LogP contribution in [0.15, 0.2) is 47.4 Å². The summed E-state index contributed by atoms with van der Waals surface area (Å²) in [6.07, 6.45) is 1.33. The van der Waals surface area contributed by atoms with E-state index in [0.29, 0.717) is 11.1 Å². The summed E-state index contributed by atoms with van der Waals surface area (Å²) in [5.41, 5.74) is 0.460. The van der Waals surface area contributed by atoms with Crippen molar-refractivity contribution < 1.29 is 9.18 Å². The number of aromatic nitrogens is 1. The van der Waals surface area contributed by atoms with E-state index in [1.807, 2.05) is 0 Å². The van der Waals surface area contributed by atoms with Crippen molar-refractivity contribution in [2.24, 2.45) is 0 Å². The quantitative estimate of drug-likeness (QED) is 0.886. The number of hydrogen-bond donors (Lipinski definition) is 2. The molecule has 98 valence electrons. The van der Waals surface area contributed by atoms with Gasteiger partial charge in [-0.15, -0.1) is 0 Å². The number of carbonyl (C=O) groups excluding carboxylic acids is 1. The highest BCUT2D eigenvalue weighted by molar-refractivity contribution is 5.94. The summed E-state index contributed by atoms with van der Waals surface area (Å²) in [4.78, 5) is 25.2. The van der Waals surface area contributed by atoms with Gasteiger partial charge in [-0.05, 0) is 19.1 Å². The Morgan fingerprint density at radius 1 is 1.26 bits per heavy atom. The third-order valence-corrected chi connectivity index (χ3v) is 2.77. The Kier molecular flexibility index (Phi) is 3.75. The van der Waals surface area contributed by atoms with Crippen LogP contribution in [0, 0.1) is 5.82 Å². The minimum atomic E-state index is -0.458. The molecule has 19 heavy (non-hydrogen) atoms. The fraction of sp³-hybridized carbons (Fsp3) is 0.143. The maximum Gasteiger partial charge on any atom is 0.253 e. The summed E-state index contributed by atoms with van der Waals surface area (Å²) in [6.45, 7) is 1.70. The number of carbonyl (C=O) groups is 1. The molecule has 1 atom stereocenters. The van der Waals surface area contributed by atoms with E-state index in [4.69, 9.17) is 0 Å². The van der Waals surface area contributed by atoms with E-state index in [1.54, 1.807) is 25.1 Å². The lowest BCUT2D eigenvalue weighted by Crippen LogP contribution is -2.27. The van der Waals surface area contributed by atoms with Crippen LogP contribution in [0.5, 0.6) is 0 Å². The number of nitrogens with one attached hydrogen (secondary N) is 2. The first-order valence-electron chi connectivity index (χ1n) is 5.82. The number of benzene rings is 1. The standard InChI is InChI=1S/C14H13FN2O2/c1-9(11-4-2-3-5-12(11)15)17-14(19)10-6-7-13(18)16-8-10/h2-9H,1H3,(H,16,18)(H,17,19). The third-order valence-electron chi connectivity index (χ3n) is 2.77. The first kappa shape index (κ1) is 13.0. The number of hydrogen-bond acceptors (Lipinski definition) is 2. The van der Waals surface area contributed by atoms with Crippen LogP contribution in [-0.2, 0) is 0 Å². The molecule has 0 fully saturated rings. The van der Waals surface area contributed by atoms with Gasteiger partial charge in [0.15, 0.2) is 0 Å². The zero-order valence-corrected chi connectivity index (χ0v) is 10.3. The van der Waals surface area contributed by atoms with Crippen molar-refractivity contribution in [3.05, 3.63) is 69.9 Å². The number of aromatic amines is 1. The van der Waals surface area contributed by atoms with Crippen LogP contribution >= 0.6 is 0 Å². The SMILES string of the molecule is CC(NC(=O)c1ccc(=O)[nH]c1)c1ccccc1F. The molecule has 0 saturated heterocycles. The minimum Gasteiger partial charge on any atom is -0.345 e. The van der Waals surface area contributed by atoms with Gasteiger partial charge in [0.05, 0.1) is 11.6 Å². The maximum atomic E-state index is 13.5. The molecule has 2 rings (SSSR count). The molecule has 2 aromatic rings. The summed E-state index contributed by atoms with van der Waals surface area (Å²) in [5.74, 6) is -0.733. The molecule has 4 nitrogen and oxygen atoms in total. The molecule has 0 aliphatic rings. The molecule has 1 unspecified atom stereocenters. The van der Waals surface area contributed by atoms with Crippen molar-refractivity contribution >= 4 is 5.91 Å². The van der Waals surface area contributed by atoms with Crippen LogP contribution in [0.1, 0.15) is 28.9 Å². The fourth-order valence-corrected chi connectivity index (χ4v) is 1.74. The first-order valence-corrected chi connectivity index (χ1v) is 5.82. The number of halogens is 1. The molecule has 2 N–H and O–H groups in total. The van der Waals surface area contributed by atoms with E-state index in [-0.39, 0.29) is 17.3 Å². The van der Waals surface area contributed by atoms with Gasteiger partial charge in [0, 0.05) is 17.8 Å². The van der Waals surface area contributed by atoms with Crippen LogP contribution in [-0.4, -0.2) is 10.9 Å². The lowest BCUT2D eigenvalue weighted by atomic mass is 10.1. The van der Waals surface area contributed by atoms with Gasteiger partial charge >= 0.3 is 0 Å². The Labute approximate surface area is 109 Å². The van der Waals surface area contributed by atoms with E-state index in [9.17, 15) is 14.0 Å². The van der Waals surface area contributed by atoms with E-state index in [0.717, 1.165) is 0 Å². The molecule has 1 amide bonds. The molecular formula is C14H13FN2O2.